The Morgan fingerprint density at radius 2 is 1.67 bits per heavy atom. The van der Waals surface area contributed by atoms with Crippen molar-refractivity contribution >= 4 is 18.0 Å². The molecule has 1 unspecified atom stereocenters. The molecule has 7 heteroatoms. The number of hydrogen-bond acceptors (Lipinski definition) is 5. The summed E-state index contributed by atoms with van der Waals surface area (Å²) in [7, 11) is 1.34. The van der Waals surface area contributed by atoms with Gasteiger partial charge in [0.1, 0.15) is 11.1 Å². The summed E-state index contributed by atoms with van der Waals surface area (Å²) in [6.45, 7) is 7.28. The molecule has 2 amide bonds. The first-order valence-corrected chi connectivity index (χ1v) is 10.5. The smallest absolute Gasteiger partial charge is 0.408 e. The summed E-state index contributed by atoms with van der Waals surface area (Å²) in [6.07, 6.45) is 4.08. The number of carbonyl (C=O) groups is 3. The largest absolute Gasteiger partial charge is 0.465 e. The van der Waals surface area contributed by atoms with E-state index in [-0.39, 0.29) is 17.4 Å². The second kappa shape index (κ2) is 7.93. The highest BCUT2D eigenvalue weighted by Gasteiger charge is 2.61. The normalized spacial score (nSPS) is 19.6. The van der Waals surface area contributed by atoms with Crippen molar-refractivity contribution in [1.82, 2.24) is 10.6 Å². The molecule has 1 aromatic rings. The number of hydrogen-bond donors (Lipinski definition) is 2. The third kappa shape index (κ3) is 4.60. The number of rotatable bonds is 5. The summed E-state index contributed by atoms with van der Waals surface area (Å²) in [5.41, 5.74) is -0.0791. The molecule has 3 rings (SSSR count). The number of benzene rings is 1. The Kier molecular flexibility index (Phi) is 5.85. The van der Waals surface area contributed by atoms with Gasteiger partial charge in [-0.3, -0.25) is 4.79 Å². The molecule has 7 nitrogen and oxygen atoms in total. The number of methoxy groups -OCH3 is 1. The topological polar surface area (TPSA) is 93.7 Å². The quantitative estimate of drug-likeness (QED) is 0.711. The molecule has 2 fully saturated rings. The van der Waals surface area contributed by atoms with Gasteiger partial charge in [0.2, 0.25) is 5.91 Å². The first-order chi connectivity index (χ1) is 14.0. The van der Waals surface area contributed by atoms with E-state index >= 15 is 0 Å². The fourth-order valence-corrected chi connectivity index (χ4v) is 4.51. The lowest BCUT2D eigenvalue weighted by molar-refractivity contribution is -0.145. The van der Waals surface area contributed by atoms with Gasteiger partial charge in [0.15, 0.2) is 0 Å². The number of nitrogens with one attached hydrogen (secondary N) is 2. The standard InChI is InChI=1S/C23H32N2O5/c1-15(16-7-9-17(10-8-16)18(26)29-5)24-19(27)23(13-22(14-23)11-6-12-22)25-20(28)30-21(2,3)4/h7-10,15H,6,11-14H2,1-5H3,(H,24,27)(H,25,28). The van der Waals surface area contributed by atoms with Crippen molar-refractivity contribution in [3.63, 3.8) is 0 Å². The Bertz CT molecular complexity index is 813. The van der Waals surface area contributed by atoms with Crippen molar-refractivity contribution in [3.8, 4) is 0 Å². The van der Waals surface area contributed by atoms with E-state index < -0.39 is 23.2 Å². The Hall–Kier alpha value is -2.57. The minimum Gasteiger partial charge on any atom is -0.465 e. The molecular weight excluding hydrogens is 384 g/mol. The van der Waals surface area contributed by atoms with Gasteiger partial charge >= 0.3 is 12.1 Å². The Balaban J connectivity index is 1.69. The van der Waals surface area contributed by atoms with Crippen LogP contribution in [0.1, 0.15) is 81.8 Å². The maximum absolute atomic E-state index is 13.2. The fraction of sp³-hybridized carbons (Fsp3) is 0.609. The highest BCUT2D eigenvalue weighted by Crippen LogP contribution is 2.60. The molecule has 0 heterocycles. The average molecular weight is 417 g/mol. The third-order valence-corrected chi connectivity index (χ3v) is 6.12. The van der Waals surface area contributed by atoms with Crippen LogP contribution in [0.5, 0.6) is 0 Å². The highest BCUT2D eigenvalue weighted by atomic mass is 16.6. The molecule has 1 aromatic carbocycles. The van der Waals surface area contributed by atoms with Gasteiger partial charge in [-0.05, 0) is 76.5 Å². The predicted octanol–water partition coefficient (Wildman–Crippen LogP) is 3.88. The van der Waals surface area contributed by atoms with E-state index in [2.05, 4.69) is 10.6 Å². The Labute approximate surface area is 177 Å². The number of esters is 1. The third-order valence-electron chi connectivity index (χ3n) is 6.12. The van der Waals surface area contributed by atoms with Crippen LogP contribution in [0.2, 0.25) is 0 Å². The first kappa shape index (κ1) is 22.1. The van der Waals surface area contributed by atoms with Crippen LogP contribution in [0.25, 0.3) is 0 Å². The van der Waals surface area contributed by atoms with Gasteiger partial charge in [-0.25, -0.2) is 9.59 Å². The lowest BCUT2D eigenvalue weighted by Gasteiger charge is -2.60. The van der Waals surface area contributed by atoms with Gasteiger partial charge in [0.25, 0.3) is 0 Å². The molecule has 1 atom stereocenters. The molecule has 0 bridgehead atoms. The molecule has 164 valence electrons. The van der Waals surface area contributed by atoms with Crippen LogP contribution in [-0.2, 0) is 14.3 Å². The van der Waals surface area contributed by atoms with Gasteiger partial charge in [0, 0.05) is 0 Å². The van der Waals surface area contributed by atoms with E-state index in [4.69, 9.17) is 9.47 Å². The van der Waals surface area contributed by atoms with Crippen LogP contribution in [0.3, 0.4) is 0 Å². The number of carbonyl (C=O) groups excluding carboxylic acids is 3. The van der Waals surface area contributed by atoms with E-state index in [0.29, 0.717) is 18.4 Å². The molecule has 0 aliphatic heterocycles. The Morgan fingerprint density at radius 1 is 1.07 bits per heavy atom. The van der Waals surface area contributed by atoms with Crippen molar-refractivity contribution in [1.29, 1.82) is 0 Å². The molecule has 2 N–H and O–H groups in total. The lowest BCUT2D eigenvalue weighted by atomic mass is 9.48. The second-order valence-electron chi connectivity index (χ2n) is 9.72. The Morgan fingerprint density at radius 3 is 2.13 bits per heavy atom. The summed E-state index contributed by atoms with van der Waals surface area (Å²) < 4.78 is 10.1. The second-order valence-corrected chi connectivity index (χ2v) is 9.72. The summed E-state index contributed by atoms with van der Waals surface area (Å²) >= 11 is 0. The first-order valence-electron chi connectivity index (χ1n) is 10.5. The monoisotopic (exact) mass is 416 g/mol. The van der Waals surface area contributed by atoms with Crippen LogP contribution in [0.4, 0.5) is 4.79 Å². The summed E-state index contributed by atoms with van der Waals surface area (Å²) in [5.74, 6) is -0.602. The fourth-order valence-electron chi connectivity index (χ4n) is 4.51. The molecule has 0 aromatic heterocycles. The van der Waals surface area contributed by atoms with Crippen molar-refractivity contribution in [2.24, 2.45) is 5.41 Å². The number of ether oxygens (including phenoxy) is 2. The van der Waals surface area contributed by atoms with Crippen LogP contribution < -0.4 is 10.6 Å². The van der Waals surface area contributed by atoms with Gasteiger partial charge in [0.05, 0.1) is 18.7 Å². The molecular formula is C23H32N2O5. The zero-order valence-electron chi connectivity index (χ0n) is 18.5. The van der Waals surface area contributed by atoms with Gasteiger partial charge in [-0.1, -0.05) is 18.6 Å². The van der Waals surface area contributed by atoms with E-state index in [1.165, 1.54) is 13.5 Å². The minimum absolute atomic E-state index is 0.178. The zero-order valence-corrected chi connectivity index (χ0v) is 18.5. The lowest BCUT2D eigenvalue weighted by Crippen LogP contribution is -2.70. The van der Waals surface area contributed by atoms with Gasteiger partial charge in [-0.15, -0.1) is 0 Å². The highest BCUT2D eigenvalue weighted by molar-refractivity contribution is 5.92. The van der Waals surface area contributed by atoms with Crippen LogP contribution in [-0.4, -0.2) is 36.2 Å². The average Bonchev–Trinajstić information content (AvgIpc) is 2.60. The maximum Gasteiger partial charge on any atom is 0.408 e. The van der Waals surface area contributed by atoms with Crippen LogP contribution >= 0.6 is 0 Å². The van der Waals surface area contributed by atoms with Crippen molar-refractivity contribution in [2.75, 3.05) is 7.11 Å². The summed E-state index contributed by atoms with van der Waals surface area (Å²) in [4.78, 5) is 37.2. The molecule has 2 aliphatic rings. The molecule has 2 aliphatic carbocycles. The van der Waals surface area contributed by atoms with E-state index in [0.717, 1.165) is 18.4 Å². The minimum atomic E-state index is -0.941. The SMILES string of the molecule is COC(=O)c1ccc(C(C)NC(=O)C2(NC(=O)OC(C)(C)C)CC3(CCC3)C2)cc1. The summed E-state index contributed by atoms with van der Waals surface area (Å²) in [5, 5.41) is 5.89. The predicted molar refractivity (Wildman–Crippen MR) is 112 cm³/mol. The number of alkyl carbamates (subject to hydrolysis) is 1. The molecule has 0 saturated heterocycles. The van der Waals surface area contributed by atoms with Crippen molar-refractivity contribution in [3.05, 3.63) is 35.4 Å². The van der Waals surface area contributed by atoms with Crippen molar-refractivity contribution < 1.29 is 23.9 Å². The molecule has 30 heavy (non-hydrogen) atoms. The van der Waals surface area contributed by atoms with E-state index in [9.17, 15) is 14.4 Å². The molecule has 0 radical (unpaired) electrons. The van der Waals surface area contributed by atoms with Crippen LogP contribution in [0, 0.1) is 5.41 Å². The number of amides is 2. The van der Waals surface area contributed by atoms with Gasteiger partial charge < -0.3 is 20.1 Å². The maximum atomic E-state index is 13.2. The van der Waals surface area contributed by atoms with E-state index in [1.807, 2.05) is 6.92 Å². The molecule has 2 saturated carbocycles. The van der Waals surface area contributed by atoms with Crippen molar-refractivity contribution in [2.45, 2.75) is 77.0 Å². The molecule has 1 spiro atoms. The van der Waals surface area contributed by atoms with Gasteiger partial charge in [-0.2, -0.15) is 0 Å². The van der Waals surface area contributed by atoms with E-state index in [1.54, 1.807) is 45.0 Å². The zero-order chi connectivity index (χ0) is 22.2. The van der Waals surface area contributed by atoms with Crippen LogP contribution in [0.15, 0.2) is 24.3 Å². The summed E-state index contributed by atoms with van der Waals surface area (Å²) in [6, 6.07) is 6.65.